The Morgan fingerprint density at radius 3 is 2.14 bits per heavy atom. The molecular formula is C12H19NS. The highest BCUT2D eigenvalue weighted by Gasteiger charge is 2.00. The summed E-state index contributed by atoms with van der Waals surface area (Å²) in [5, 5.41) is 0. The van der Waals surface area contributed by atoms with Gasteiger partial charge in [0.15, 0.2) is 0 Å². The quantitative estimate of drug-likeness (QED) is 0.770. The summed E-state index contributed by atoms with van der Waals surface area (Å²) in [6.45, 7) is 6.46. The van der Waals surface area contributed by atoms with E-state index >= 15 is 0 Å². The zero-order chi connectivity index (χ0) is 10.6. The monoisotopic (exact) mass is 209 g/mol. The molecule has 1 rings (SSSR count). The largest absolute Gasteiger partial charge is 0.327 e. The van der Waals surface area contributed by atoms with Gasteiger partial charge in [0.05, 0.1) is 0 Å². The first-order valence-corrected chi connectivity index (χ1v) is 6.06. The summed E-state index contributed by atoms with van der Waals surface area (Å²) in [5.41, 5.74) is 7.10. The van der Waals surface area contributed by atoms with Crippen molar-refractivity contribution in [2.45, 2.75) is 37.6 Å². The summed E-state index contributed by atoms with van der Waals surface area (Å²) in [4.78, 5) is 1.31. The van der Waals surface area contributed by atoms with Crippen LogP contribution in [0.25, 0.3) is 0 Å². The van der Waals surface area contributed by atoms with Crippen molar-refractivity contribution in [2.24, 2.45) is 5.73 Å². The Morgan fingerprint density at radius 2 is 1.71 bits per heavy atom. The molecule has 0 saturated carbocycles. The second kappa shape index (κ2) is 5.42. The highest BCUT2D eigenvalue weighted by atomic mass is 32.2. The Labute approximate surface area is 91.1 Å². The lowest BCUT2D eigenvalue weighted by atomic mass is 10.0. The van der Waals surface area contributed by atoms with Crippen molar-refractivity contribution in [2.75, 3.05) is 5.75 Å². The number of hydrogen-bond acceptors (Lipinski definition) is 2. The van der Waals surface area contributed by atoms with Crippen molar-refractivity contribution in [1.82, 2.24) is 0 Å². The van der Waals surface area contributed by atoms with Gasteiger partial charge in [0, 0.05) is 16.7 Å². The van der Waals surface area contributed by atoms with Gasteiger partial charge < -0.3 is 5.73 Å². The Morgan fingerprint density at radius 1 is 1.14 bits per heavy atom. The molecule has 0 aliphatic heterocycles. The van der Waals surface area contributed by atoms with Crippen LogP contribution in [0.4, 0.5) is 0 Å². The van der Waals surface area contributed by atoms with Crippen LogP contribution in [0.2, 0.25) is 0 Å². The third-order valence-corrected chi connectivity index (χ3v) is 3.36. The molecule has 0 fully saturated rings. The third kappa shape index (κ3) is 3.72. The fourth-order valence-electron chi connectivity index (χ4n) is 1.18. The van der Waals surface area contributed by atoms with Crippen LogP contribution < -0.4 is 5.73 Å². The molecule has 0 saturated heterocycles. The fraction of sp³-hybridized carbons (Fsp3) is 0.500. The zero-order valence-electron chi connectivity index (χ0n) is 9.16. The predicted octanol–water partition coefficient (Wildman–Crippen LogP) is 3.25. The lowest BCUT2D eigenvalue weighted by Gasteiger charge is -2.07. The van der Waals surface area contributed by atoms with Gasteiger partial charge in [-0.2, -0.15) is 0 Å². The lowest BCUT2D eigenvalue weighted by molar-refractivity contribution is 0.846. The van der Waals surface area contributed by atoms with E-state index in [0.717, 1.165) is 5.75 Å². The fourth-order valence-corrected chi connectivity index (χ4v) is 1.96. The second-order valence-corrected chi connectivity index (χ2v) is 5.11. The molecule has 0 aliphatic rings. The molecular weight excluding hydrogens is 190 g/mol. The van der Waals surface area contributed by atoms with E-state index < -0.39 is 0 Å². The predicted molar refractivity (Wildman–Crippen MR) is 64.9 cm³/mol. The number of benzene rings is 1. The van der Waals surface area contributed by atoms with E-state index in [2.05, 4.69) is 38.1 Å². The summed E-state index contributed by atoms with van der Waals surface area (Å²) in [5.74, 6) is 1.60. The van der Waals surface area contributed by atoms with E-state index in [9.17, 15) is 0 Å². The molecule has 78 valence electrons. The maximum absolute atomic E-state index is 5.70. The van der Waals surface area contributed by atoms with Crippen LogP contribution in [0.3, 0.4) is 0 Å². The minimum atomic E-state index is 0.268. The van der Waals surface area contributed by atoms with Crippen molar-refractivity contribution in [3.8, 4) is 0 Å². The van der Waals surface area contributed by atoms with Crippen LogP contribution in [0, 0.1) is 0 Å². The molecule has 1 nitrogen and oxygen atoms in total. The Bertz CT molecular complexity index is 264. The lowest BCUT2D eigenvalue weighted by Crippen LogP contribution is -2.17. The maximum atomic E-state index is 5.70. The first-order chi connectivity index (χ1) is 6.59. The van der Waals surface area contributed by atoms with Gasteiger partial charge in [0.1, 0.15) is 0 Å². The van der Waals surface area contributed by atoms with E-state index in [0.29, 0.717) is 5.92 Å². The smallest absolute Gasteiger partial charge is 0.0129 e. The average Bonchev–Trinajstić information content (AvgIpc) is 2.15. The van der Waals surface area contributed by atoms with E-state index in [1.807, 2.05) is 18.7 Å². The van der Waals surface area contributed by atoms with Crippen LogP contribution >= 0.6 is 11.8 Å². The molecule has 0 unspecified atom stereocenters. The van der Waals surface area contributed by atoms with Crippen LogP contribution in [0.15, 0.2) is 29.2 Å². The van der Waals surface area contributed by atoms with Crippen LogP contribution in [0.5, 0.6) is 0 Å². The number of hydrogen-bond donors (Lipinski definition) is 1. The summed E-state index contributed by atoms with van der Waals surface area (Å²) in [7, 11) is 0. The molecule has 14 heavy (non-hydrogen) atoms. The first kappa shape index (κ1) is 11.6. The maximum Gasteiger partial charge on any atom is 0.0129 e. The third-order valence-electron chi connectivity index (χ3n) is 2.06. The standard InChI is InChI=1S/C12H19NS/c1-9(2)11-4-6-12(7-5-11)14-8-10(3)13/h4-7,9-10H,8,13H2,1-3H3/t10-/m0/s1. The second-order valence-electron chi connectivity index (χ2n) is 4.01. The molecule has 0 radical (unpaired) electrons. The van der Waals surface area contributed by atoms with Gasteiger partial charge in [-0.25, -0.2) is 0 Å². The summed E-state index contributed by atoms with van der Waals surface area (Å²) in [6.07, 6.45) is 0. The molecule has 2 heteroatoms. The molecule has 1 aromatic rings. The van der Waals surface area contributed by atoms with Gasteiger partial charge in [0.25, 0.3) is 0 Å². The number of rotatable bonds is 4. The molecule has 0 heterocycles. The minimum Gasteiger partial charge on any atom is -0.327 e. The summed E-state index contributed by atoms with van der Waals surface area (Å²) >= 11 is 1.82. The van der Waals surface area contributed by atoms with Gasteiger partial charge in [-0.05, 0) is 30.5 Å². The molecule has 0 bridgehead atoms. The van der Waals surface area contributed by atoms with E-state index in [-0.39, 0.29) is 6.04 Å². The minimum absolute atomic E-state index is 0.268. The summed E-state index contributed by atoms with van der Waals surface area (Å²) in [6, 6.07) is 9.04. The van der Waals surface area contributed by atoms with E-state index in [1.54, 1.807) is 0 Å². The van der Waals surface area contributed by atoms with Crippen molar-refractivity contribution in [3.05, 3.63) is 29.8 Å². The average molecular weight is 209 g/mol. The van der Waals surface area contributed by atoms with Crippen LogP contribution in [-0.4, -0.2) is 11.8 Å². The van der Waals surface area contributed by atoms with Crippen molar-refractivity contribution < 1.29 is 0 Å². The molecule has 1 aromatic carbocycles. The Kier molecular flexibility index (Phi) is 4.49. The Hall–Kier alpha value is -0.470. The van der Waals surface area contributed by atoms with Gasteiger partial charge in [0.2, 0.25) is 0 Å². The normalized spacial score (nSPS) is 13.2. The number of nitrogens with two attached hydrogens (primary N) is 1. The molecule has 0 amide bonds. The highest BCUT2D eigenvalue weighted by molar-refractivity contribution is 7.99. The SMILES string of the molecule is CC(C)c1ccc(SC[C@H](C)N)cc1. The molecule has 1 atom stereocenters. The first-order valence-electron chi connectivity index (χ1n) is 5.08. The molecule has 2 N–H and O–H groups in total. The topological polar surface area (TPSA) is 26.0 Å². The summed E-state index contributed by atoms with van der Waals surface area (Å²) < 4.78 is 0. The highest BCUT2D eigenvalue weighted by Crippen LogP contribution is 2.21. The molecule has 0 spiro atoms. The van der Waals surface area contributed by atoms with Crippen molar-refractivity contribution >= 4 is 11.8 Å². The van der Waals surface area contributed by atoms with Gasteiger partial charge in [-0.3, -0.25) is 0 Å². The van der Waals surface area contributed by atoms with Crippen LogP contribution in [-0.2, 0) is 0 Å². The Balaban J connectivity index is 2.55. The van der Waals surface area contributed by atoms with Gasteiger partial charge in [-0.1, -0.05) is 26.0 Å². The number of thioether (sulfide) groups is 1. The van der Waals surface area contributed by atoms with Crippen molar-refractivity contribution in [3.63, 3.8) is 0 Å². The van der Waals surface area contributed by atoms with E-state index in [4.69, 9.17) is 5.73 Å². The van der Waals surface area contributed by atoms with Crippen molar-refractivity contribution in [1.29, 1.82) is 0 Å². The van der Waals surface area contributed by atoms with E-state index in [1.165, 1.54) is 10.5 Å². The van der Waals surface area contributed by atoms with Gasteiger partial charge in [-0.15, -0.1) is 11.8 Å². The zero-order valence-corrected chi connectivity index (χ0v) is 9.97. The molecule has 0 aromatic heterocycles. The van der Waals surface area contributed by atoms with Gasteiger partial charge >= 0.3 is 0 Å². The molecule has 0 aliphatic carbocycles. The van der Waals surface area contributed by atoms with Crippen LogP contribution in [0.1, 0.15) is 32.3 Å².